The lowest BCUT2D eigenvalue weighted by molar-refractivity contribution is -0.123. The Balaban J connectivity index is 1.99. The maximum absolute atomic E-state index is 11.5. The fourth-order valence-corrected chi connectivity index (χ4v) is 1.84. The van der Waals surface area contributed by atoms with Crippen molar-refractivity contribution in [3.05, 3.63) is 35.9 Å². The van der Waals surface area contributed by atoms with Crippen LogP contribution in [0.3, 0.4) is 0 Å². The molecule has 100 valence electrons. The summed E-state index contributed by atoms with van der Waals surface area (Å²) in [6.45, 7) is 3.08. The summed E-state index contributed by atoms with van der Waals surface area (Å²) in [6, 6.07) is 10.2. The lowest BCUT2D eigenvalue weighted by Gasteiger charge is -2.04. The first-order valence-corrected chi connectivity index (χ1v) is 6.96. The van der Waals surface area contributed by atoms with Gasteiger partial charge in [-0.3, -0.25) is 4.79 Å². The average Bonchev–Trinajstić information content (AvgIpc) is 2.41. The highest BCUT2D eigenvalue weighted by molar-refractivity contribution is 5.79. The summed E-state index contributed by atoms with van der Waals surface area (Å²) in [6.07, 6.45) is 6.15. The predicted octanol–water partition coefficient (Wildman–Crippen LogP) is 3.79. The zero-order valence-corrected chi connectivity index (χ0v) is 11.4. The number of Topliss-reactive ketones (excluding diaryl/α,β-unsaturated/α-hetero) is 1. The van der Waals surface area contributed by atoms with Crippen LogP contribution in [0, 0.1) is 0 Å². The maximum Gasteiger partial charge on any atom is 0.158 e. The van der Waals surface area contributed by atoms with Crippen LogP contribution < -0.4 is 0 Å². The van der Waals surface area contributed by atoms with E-state index in [2.05, 4.69) is 19.1 Å². The van der Waals surface area contributed by atoms with Crippen LogP contribution in [0.15, 0.2) is 30.3 Å². The third-order valence-electron chi connectivity index (χ3n) is 2.95. The van der Waals surface area contributed by atoms with E-state index in [1.165, 1.54) is 18.4 Å². The summed E-state index contributed by atoms with van der Waals surface area (Å²) in [5, 5.41) is 0. The second-order valence-corrected chi connectivity index (χ2v) is 4.64. The molecule has 18 heavy (non-hydrogen) atoms. The van der Waals surface area contributed by atoms with Crippen LogP contribution in [0.4, 0.5) is 0 Å². The fourth-order valence-electron chi connectivity index (χ4n) is 1.84. The van der Waals surface area contributed by atoms with Crippen molar-refractivity contribution in [3.8, 4) is 0 Å². The van der Waals surface area contributed by atoms with Gasteiger partial charge in [-0.1, -0.05) is 56.5 Å². The Morgan fingerprint density at radius 1 is 1.11 bits per heavy atom. The molecule has 0 saturated carbocycles. The van der Waals surface area contributed by atoms with E-state index in [0.717, 1.165) is 19.3 Å². The van der Waals surface area contributed by atoms with Gasteiger partial charge >= 0.3 is 0 Å². The van der Waals surface area contributed by atoms with E-state index >= 15 is 0 Å². The number of benzene rings is 1. The predicted molar refractivity (Wildman–Crippen MR) is 74.7 cm³/mol. The Morgan fingerprint density at radius 2 is 1.89 bits per heavy atom. The Morgan fingerprint density at radius 3 is 2.61 bits per heavy atom. The van der Waals surface area contributed by atoms with E-state index in [1.54, 1.807) is 0 Å². The molecule has 0 amide bonds. The SMILES string of the molecule is CCCCCCC(=O)COCCc1ccccc1. The van der Waals surface area contributed by atoms with Crippen LogP contribution in [0.1, 0.15) is 44.6 Å². The first kappa shape index (κ1) is 14.9. The highest BCUT2D eigenvalue weighted by atomic mass is 16.5. The zero-order valence-electron chi connectivity index (χ0n) is 11.4. The smallest absolute Gasteiger partial charge is 0.158 e. The second-order valence-electron chi connectivity index (χ2n) is 4.64. The van der Waals surface area contributed by atoms with Crippen molar-refractivity contribution in [2.45, 2.75) is 45.4 Å². The molecule has 0 saturated heterocycles. The molecule has 0 bridgehead atoms. The number of carbonyl (C=O) groups excluding carboxylic acids is 1. The molecule has 1 aromatic rings. The van der Waals surface area contributed by atoms with Crippen molar-refractivity contribution < 1.29 is 9.53 Å². The molecule has 0 radical (unpaired) electrons. The Labute approximate surface area is 110 Å². The summed E-state index contributed by atoms with van der Waals surface area (Å²) in [7, 11) is 0. The Kier molecular flexibility index (Phi) is 8.15. The van der Waals surface area contributed by atoms with Gasteiger partial charge in [-0.2, -0.15) is 0 Å². The van der Waals surface area contributed by atoms with Gasteiger partial charge in [0.25, 0.3) is 0 Å². The number of ether oxygens (including phenoxy) is 1. The van der Waals surface area contributed by atoms with Crippen molar-refractivity contribution >= 4 is 5.78 Å². The number of unbranched alkanes of at least 4 members (excludes halogenated alkanes) is 3. The highest BCUT2D eigenvalue weighted by Crippen LogP contribution is 2.03. The van der Waals surface area contributed by atoms with Crippen molar-refractivity contribution in [1.29, 1.82) is 0 Å². The number of hydrogen-bond acceptors (Lipinski definition) is 2. The van der Waals surface area contributed by atoms with Gasteiger partial charge in [0.05, 0.1) is 6.61 Å². The lowest BCUT2D eigenvalue weighted by atomic mass is 10.1. The lowest BCUT2D eigenvalue weighted by Crippen LogP contribution is -2.10. The quantitative estimate of drug-likeness (QED) is 0.589. The largest absolute Gasteiger partial charge is 0.373 e. The van der Waals surface area contributed by atoms with E-state index < -0.39 is 0 Å². The second kappa shape index (κ2) is 9.84. The minimum absolute atomic E-state index is 0.235. The van der Waals surface area contributed by atoms with Crippen molar-refractivity contribution in [2.75, 3.05) is 13.2 Å². The molecule has 0 aliphatic rings. The monoisotopic (exact) mass is 248 g/mol. The summed E-state index contributed by atoms with van der Waals surface area (Å²) in [4.78, 5) is 11.5. The first-order chi connectivity index (χ1) is 8.83. The summed E-state index contributed by atoms with van der Waals surface area (Å²) >= 11 is 0. The molecule has 0 aromatic heterocycles. The summed E-state index contributed by atoms with van der Waals surface area (Å²) in [5.74, 6) is 0.235. The molecule has 0 atom stereocenters. The highest BCUT2D eigenvalue weighted by Gasteiger charge is 2.01. The maximum atomic E-state index is 11.5. The molecule has 0 heterocycles. The van der Waals surface area contributed by atoms with Gasteiger partial charge in [0.1, 0.15) is 6.61 Å². The van der Waals surface area contributed by atoms with Gasteiger partial charge in [-0.05, 0) is 18.4 Å². The van der Waals surface area contributed by atoms with Gasteiger partial charge < -0.3 is 4.74 Å². The van der Waals surface area contributed by atoms with E-state index in [1.807, 2.05) is 18.2 Å². The fraction of sp³-hybridized carbons (Fsp3) is 0.562. The molecule has 2 heteroatoms. The minimum atomic E-state index is 0.235. The van der Waals surface area contributed by atoms with Gasteiger partial charge in [0.2, 0.25) is 0 Å². The average molecular weight is 248 g/mol. The Bertz CT molecular complexity index is 319. The van der Waals surface area contributed by atoms with Crippen LogP contribution in [-0.2, 0) is 16.0 Å². The van der Waals surface area contributed by atoms with Crippen LogP contribution >= 0.6 is 0 Å². The van der Waals surface area contributed by atoms with Crippen molar-refractivity contribution in [1.82, 2.24) is 0 Å². The standard InChI is InChI=1S/C16H24O2/c1-2-3-4-8-11-16(17)14-18-13-12-15-9-6-5-7-10-15/h5-7,9-10H,2-4,8,11-14H2,1H3. The topological polar surface area (TPSA) is 26.3 Å². The molecule has 0 fully saturated rings. The number of hydrogen-bond donors (Lipinski definition) is 0. The van der Waals surface area contributed by atoms with Crippen molar-refractivity contribution in [3.63, 3.8) is 0 Å². The van der Waals surface area contributed by atoms with Gasteiger partial charge in [-0.15, -0.1) is 0 Å². The molecule has 1 aromatic carbocycles. The summed E-state index contributed by atoms with van der Waals surface area (Å²) < 4.78 is 5.41. The zero-order chi connectivity index (χ0) is 13.1. The van der Waals surface area contributed by atoms with Crippen LogP contribution in [0.5, 0.6) is 0 Å². The molecule has 0 aliphatic heterocycles. The molecule has 0 N–H and O–H groups in total. The molecule has 0 unspecified atom stereocenters. The molecular weight excluding hydrogens is 224 g/mol. The van der Waals surface area contributed by atoms with Crippen LogP contribution in [-0.4, -0.2) is 19.0 Å². The summed E-state index contributed by atoms with van der Waals surface area (Å²) in [5.41, 5.74) is 1.26. The molecular formula is C16H24O2. The minimum Gasteiger partial charge on any atom is -0.373 e. The van der Waals surface area contributed by atoms with Gasteiger partial charge in [-0.25, -0.2) is 0 Å². The third-order valence-corrected chi connectivity index (χ3v) is 2.95. The van der Waals surface area contributed by atoms with Crippen LogP contribution in [0.2, 0.25) is 0 Å². The molecule has 2 nitrogen and oxygen atoms in total. The van der Waals surface area contributed by atoms with E-state index in [0.29, 0.717) is 13.0 Å². The van der Waals surface area contributed by atoms with Gasteiger partial charge in [0.15, 0.2) is 5.78 Å². The Hall–Kier alpha value is -1.15. The first-order valence-electron chi connectivity index (χ1n) is 6.96. The van der Waals surface area contributed by atoms with E-state index in [9.17, 15) is 4.79 Å². The third kappa shape index (κ3) is 7.23. The van der Waals surface area contributed by atoms with Crippen molar-refractivity contribution in [2.24, 2.45) is 0 Å². The number of ketones is 1. The number of rotatable bonds is 10. The normalized spacial score (nSPS) is 10.5. The van der Waals surface area contributed by atoms with Crippen LogP contribution in [0.25, 0.3) is 0 Å². The van der Waals surface area contributed by atoms with E-state index in [4.69, 9.17) is 4.74 Å². The van der Waals surface area contributed by atoms with E-state index in [-0.39, 0.29) is 12.4 Å². The number of carbonyl (C=O) groups is 1. The molecule has 1 rings (SSSR count). The molecule has 0 spiro atoms. The molecule has 0 aliphatic carbocycles. The van der Waals surface area contributed by atoms with Gasteiger partial charge in [0, 0.05) is 6.42 Å².